The number of carboxylic acid groups (broad SMARTS) is 1. The molecule has 0 saturated heterocycles. The van der Waals surface area contributed by atoms with E-state index in [-0.39, 0.29) is 23.0 Å². The van der Waals surface area contributed by atoms with Crippen molar-refractivity contribution in [2.24, 2.45) is 0 Å². The Morgan fingerprint density at radius 3 is 2.63 bits per heavy atom. The highest BCUT2D eigenvalue weighted by Gasteiger charge is 2.17. The highest BCUT2D eigenvalue weighted by atomic mass is 16.6. The van der Waals surface area contributed by atoms with Crippen LogP contribution in [0.2, 0.25) is 0 Å². The van der Waals surface area contributed by atoms with Crippen molar-refractivity contribution >= 4 is 23.5 Å². The van der Waals surface area contributed by atoms with E-state index in [1.165, 1.54) is 6.07 Å². The van der Waals surface area contributed by atoms with Gasteiger partial charge in [0.1, 0.15) is 5.69 Å². The molecule has 0 radical (unpaired) electrons. The number of H-pyrrole nitrogens is 2. The number of aromatic nitrogens is 3. The number of carbonyl (C=O) groups excluding carboxylic acids is 1. The number of hydrogen-bond donors (Lipinski definition) is 4. The molecule has 2 heterocycles. The molecule has 0 aliphatic rings. The lowest BCUT2D eigenvalue weighted by molar-refractivity contribution is -0.389. The standard InChI is InChI=1S/C9H7N5O5/c15-8(4-1-2-7(10-4)14(18)19)11-6-3-5(9(16)17)12-13-6/h1-3,10H,(H,16,17)(H2,11,12,13,15). The number of amides is 1. The normalized spacial score (nSPS) is 10.1. The summed E-state index contributed by atoms with van der Waals surface area (Å²) in [6.07, 6.45) is 0. The van der Waals surface area contributed by atoms with Crippen LogP contribution >= 0.6 is 0 Å². The number of hydrogen-bond acceptors (Lipinski definition) is 5. The highest BCUT2D eigenvalue weighted by Crippen LogP contribution is 2.12. The summed E-state index contributed by atoms with van der Waals surface area (Å²) in [7, 11) is 0. The van der Waals surface area contributed by atoms with E-state index in [2.05, 4.69) is 20.5 Å². The number of aromatic amines is 2. The first kappa shape index (κ1) is 12.3. The molecule has 0 unspecified atom stereocenters. The number of rotatable bonds is 4. The van der Waals surface area contributed by atoms with Crippen LogP contribution < -0.4 is 5.32 Å². The zero-order valence-electron chi connectivity index (χ0n) is 9.21. The van der Waals surface area contributed by atoms with Gasteiger partial charge in [0.15, 0.2) is 11.5 Å². The van der Waals surface area contributed by atoms with Gasteiger partial charge in [-0.15, -0.1) is 0 Å². The smallest absolute Gasteiger partial charge is 0.353 e. The number of nitro groups is 1. The molecule has 0 spiro atoms. The average molecular weight is 265 g/mol. The van der Waals surface area contributed by atoms with E-state index in [0.717, 1.165) is 12.1 Å². The first-order valence-electron chi connectivity index (χ1n) is 4.91. The third kappa shape index (κ3) is 2.57. The molecule has 0 aromatic carbocycles. The summed E-state index contributed by atoms with van der Waals surface area (Å²) in [6, 6.07) is 3.50. The SMILES string of the molecule is O=C(O)c1cc(NC(=O)c2ccc([N+](=O)[O-])[nH]2)n[nH]1. The van der Waals surface area contributed by atoms with Crippen molar-refractivity contribution in [3.8, 4) is 0 Å². The topological polar surface area (TPSA) is 154 Å². The van der Waals surface area contributed by atoms with Crippen LogP contribution in [0.4, 0.5) is 11.6 Å². The van der Waals surface area contributed by atoms with Crippen molar-refractivity contribution in [2.45, 2.75) is 0 Å². The van der Waals surface area contributed by atoms with E-state index in [0.29, 0.717) is 0 Å². The fourth-order valence-electron chi connectivity index (χ4n) is 1.30. The lowest BCUT2D eigenvalue weighted by Crippen LogP contribution is -2.12. The molecule has 98 valence electrons. The number of carboxylic acids is 1. The minimum Gasteiger partial charge on any atom is -0.477 e. The van der Waals surface area contributed by atoms with Crippen LogP contribution in [0.3, 0.4) is 0 Å². The Balaban J connectivity index is 2.11. The molecule has 2 rings (SSSR count). The minimum absolute atomic E-state index is 0.000321. The van der Waals surface area contributed by atoms with Gasteiger partial charge in [-0.3, -0.25) is 9.89 Å². The fraction of sp³-hybridized carbons (Fsp3) is 0. The summed E-state index contributed by atoms with van der Waals surface area (Å²) in [6.45, 7) is 0. The van der Waals surface area contributed by atoms with Gasteiger partial charge in [-0.1, -0.05) is 0 Å². The van der Waals surface area contributed by atoms with Crippen molar-refractivity contribution in [1.82, 2.24) is 15.2 Å². The quantitative estimate of drug-likeness (QED) is 0.468. The van der Waals surface area contributed by atoms with Crippen LogP contribution in [0.1, 0.15) is 21.0 Å². The largest absolute Gasteiger partial charge is 0.477 e. The molecule has 10 heteroatoms. The van der Waals surface area contributed by atoms with Crippen LogP contribution in [0.15, 0.2) is 18.2 Å². The molecule has 0 aliphatic carbocycles. The van der Waals surface area contributed by atoms with Gasteiger partial charge in [-0.2, -0.15) is 5.10 Å². The molecule has 0 aliphatic heterocycles. The van der Waals surface area contributed by atoms with Gasteiger partial charge in [0.25, 0.3) is 5.91 Å². The van der Waals surface area contributed by atoms with E-state index in [1.54, 1.807) is 0 Å². The molecular weight excluding hydrogens is 258 g/mol. The molecule has 0 saturated carbocycles. The zero-order chi connectivity index (χ0) is 14.0. The predicted molar refractivity (Wildman–Crippen MR) is 60.9 cm³/mol. The molecule has 10 nitrogen and oxygen atoms in total. The molecule has 0 bridgehead atoms. The van der Waals surface area contributed by atoms with Crippen molar-refractivity contribution in [2.75, 3.05) is 5.32 Å². The second-order valence-corrected chi connectivity index (χ2v) is 3.44. The minimum atomic E-state index is -1.22. The third-order valence-electron chi connectivity index (χ3n) is 2.16. The molecule has 19 heavy (non-hydrogen) atoms. The molecular formula is C9H7N5O5. The van der Waals surface area contributed by atoms with E-state index in [1.807, 2.05) is 0 Å². The molecule has 1 amide bonds. The monoisotopic (exact) mass is 265 g/mol. The van der Waals surface area contributed by atoms with Gasteiger partial charge in [-0.05, 0) is 11.0 Å². The number of anilines is 1. The number of aromatic carboxylic acids is 1. The van der Waals surface area contributed by atoms with Crippen molar-refractivity contribution in [3.05, 3.63) is 39.7 Å². The van der Waals surface area contributed by atoms with E-state index in [4.69, 9.17) is 5.11 Å². The first-order valence-corrected chi connectivity index (χ1v) is 4.91. The summed E-state index contributed by atoms with van der Waals surface area (Å²) >= 11 is 0. The third-order valence-corrected chi connectivity index (χ3v) is 2.16. The summed E-state index contributed by atoms with van der Waals surface area (Å²) < 4.78 is 0. The number of carbonyl (C=O) groups is 2. The van der Waals surface area contributed by atoms with Crippen molar-refractivity contribution < 1.29 is 19.6 Å². The maximum Gasteiger partial charge on any atom is 0.353 e. The Kier molecular flexibility index (Phi) is 2.98. The average Bonchev–Trinajstić information content (AvgIpc) is 2.96. The van der Waals surface area contributed by atoms with E-state index < -0.39 is 16.8 Å². The van der Waals surface area contributed by atoms with Gasteiger partial charge in [0.2, 0.25) is 0 Å². The van der Waals surface area contributed by atoms with Gasteiger partial charge < -0.3 is 20.5 Å². The number of nitrogens with zero attached hydrogens (tertiary/aromatic N) is 2. The molecule has 0 fully saturated rings. The lowest BCUT2D eigenvalue weighted by atomic mass is 10.4. The van der Waals surface area contributed by atoms with Crippen molar-refractivity contribution in [1.29, 1.82) is 0 Å². The highest BCUT2D eigenvalue weighted by molar-refractivity contribution is 6.03. The molecule has 4 N–H and O–H groups in total. The Morgan fingerprint density at radius 2 is 2.11 bits per heavy atom. The fourth-order valence-corrected chi connectivity index (χ4v) is 1.30. The maximum absolute atomic E-state index is 11.7. The molecule has 0 atom stereocenters. The molecule has 2 aromatic heterocycles. The van der Waals surface area contributed by atoms with Crippen LogP contribution in [0, 0.1) is 10.1 Å². The summed E-state index contributed by atoms with van der Waals surface area (Å²) in [5, 5.41) is 27.1. The number of nitrogens with one attached hydrogen (secondary N) is 3. The first-order chi connectivity index (χ1) is 8.97. The Labute approximate surface area is 104 Å². The van der Waals surface area contributed by atoms with Crippen LogP contribution in [0.5, 0.6) is 0 Å². The van der Waals surface area contributed by atoms with Gasteiger partial charge in [0, 0.05) is 12.1 Å². The second-order valence-electron chi connectivity index (χ2n) is 3.44. The predicted octanol–water partition coefficient (Wildman–Crippen LogP) is 0.596. The van der Waals surface area contributed by atoms with Crippen LogP contribution in [0.25, 0.3) is 0 Å². The molecule has 2 aromatic rings. The van der Waals surface area contributed by atoms with E-state index >= 15 is 0 Å². The summed E-state index contributed by atoms with van der Waals surface area (Å²) in [4.78, 5) is 34.3. The zero-order valence-corrected chi connectivity index (χ0v) is 9.21. The Hall–Kier alpha value is -3.17. The van der Waals surface area contributed by atoms with Crippen LogP contribution in [-0.2, 0) is 0 Å². The summed E-state index contributed by atoms with van der Waals surface area (Å²) in [5.74, 6) is -2.21. The second kappa shape index (κ2) is 4.60. The van der Waals surface area contributed by atoms with Crippen LogP contribution in [-0.4, -0.2) is 37.1 Å². The van der Waals surface area contributed by atoms with E-state index in [9.17, 15) is 19.7 Å². The Morgan fingerprint density at radius 1 is 1.37 bits per heavy atom. The van der Waals surface area contributed by atoms with Gasteiger partial charge in [-0.25, -0.2) is 9.78 Å². The lowest BCUT2D eigenvalue weighted by Gasteiger charge is -1.95. The maximum atomic E-state index is 11.7. The van der Waals surface area contributed by atoms with Gasteiger partial charge >= 0.3 is 11.8 Å². The van der Waals surface area contributed by atoms with Gasteiger partial charge in [0.05, 0.1) is 0 Å². The Bertz CT molecular complexity index is 658. The summed E-state index contributed by atoms with van der Waals surface area (Å²) in [5.41, 5.74) is -0.223. The van der Waals surface area contributed by atoms with Crippen molar-refractivity contribution in [3.63, 3.8) is 0 Å².